The van der Waals surface area contributed by atoms with Crippen molar-refractivity contribution in [2.75, 3.05) is 27.7 Å². The molecule has 6 nitrogen and oxygen atoms in total. The fourth-order valence-corrected chi connectivity index (χ4v) is 3.48. The maximum absolute atomic E-state index is 12.5. The van der Waals surface area contributed by atoms with Crippen LogP contribution in [0, 0.1) is 0 Å². The maximum atomic E-state index is 12.5. The van der Waals surface area contributed by atoms with Crippen LogP contribution in [0.1, 0.15) is 22.1 Å². The van der Waals surface area contributed by atoms with Crippen LogP contribution in [0.15, 0.2) is 47.8 Å². The third-order valence-electron chi connectivity index (χ3n) is 4.17. The van der Waals surface area contributed by atoms with Gasteiger partial charge < -0.3 is 15.0 Å². The van der Waals surface area contributed by atoms with Crippen LogP contribution in [0.4, 0.5) is 0 Å². The highest BCUT2D eigenvalue weighted by molar-refractivity contribution is 7.13. The molecule has 1 atom stereocenters. The monoisotopic (exact) mass is 370 g/mol. The van der Waals surface area contributed by atoms with E-state index < -0.39 is 0 Å². The molecule has 2 heterocycles. The standard InChI is InChI=1S/C19H22N4O2S/c1-23(2)16(13-7-4-5-8-17(13)25-3)12-20-19(24)15-11-14(21-22-15)18-9-6-10-26-18/h4-11,16H,12H2,1-3H3,(H,20,24)(H,21,22). The summed E-state index contributed by atoms with van der Waals surface area (Å²) in [5, 5.41) is 12.0. The molecule has 0 saturated carbocycles. The number of rotatable bonds is 7. The van der Waals surface area contributed by atoms with Gasteiger partial charge in [-0.05, 0) is 37.7 Å². The van der Waals surface area contributed by atoms with E-state index >= 15 is 0 Å². The summed E-state index contributed by atoms with van der Waals surface area (Å²) in [6.45, 7) is 0.452. The molecule has 26 heavy (non-hydrogen) atoms. The topological polar surface area (TPSA) is 70.2 Å². The number of benzene rings is 1. The van der Waals surface area contributed by atoms with E-state index in [1.54, 1.807) is 24.5 Å². The first-order valence-corrected chi connectivity index (χ1v) is 9.15. The van der Waals surface area contributed by atoms with E-state index in [2.05, 4.69) is 20.4 Å². The molecule has 1 amide bonds. The second-order valence-corrected chi connectivity index (χ2v) is 7.02. The number of aromatic amines is 1. The van der Waals surface area contributed by atoms with Gasteiger partial charge in [0.15, 0.2) is 5.69 Å². The van der Waals surface area contributed by atoms with Gasteiger partial charge in [0, 0.05) is 12.1 Å². The first-order chi connectivity index (χ1) is 12.6. The molecule has 3 rings (SSSR count). The summed E-state index contributed by atoms with van der Waals surface area (Å²) in [6, 6.07) is 13.6. The molecule has 1 aromatic carbocycles. The number of amides is 1. The zero-order valence-electron chi connectivity index (χ0n) is 15.0. The number of ether oxygens (including phenoxy) is 1. The van der Waals surface area contributed by atoms with Crippen molar-refractivity contribution in [3.05, 3.63) is 59.1 Å². The van der Waals surface area contributed by atoms with Crippen LogP contribution in [0.3, 0.4) is 0 Å². The lowest BCUT2D eigenvalue weighted by Crippen LogP contribution is -2.34. The van der Waals surface area contributed by atoms with Crippen molar-refractivity contribution < 1.29 is 9.53 Å². The van der Waals surface area contributed by atoms with Gasteiger partial charge in [0.05, 0.1) is 23.7 Å². The molecule has 0 radical (unpaired) electrons. The van der Waals surface area contributed by atoms with Gasteiger partial charge in [-0.25, -0.2) is 0 Å². The van der Waals surface area contributed by atoms with Crippen molar-refractivity contribution in [2.45, 2.75) is 6.04 Å². The predicted octanol–water partition coefficient (Wildman–Crippen LogP) is 3.18. The van der Waals surface area contributed by atoms with E-state index in [4.69, 9.17) is 4.74 Å². The largest absolute Gasteiger partial charge is 0.496 e. The van der Waals surface area contributed by atoms with Crippen molar-refractivity contribution in [1.29, 1.82) is 0 Å². The Balaban J connectivity index is 1.70. The first-order valence-electron chi connectivity index (χ1n) is 8.27. The van der Waals surface area contributed by atoms with Crippen molar-refractivity contribution >= 4 is 17.2 Å². The van der Waals surface area contributed by atoms with Crippen LogP contribution in [0.25, 0.3) is 10.6 Å². The molecule has 0 bridgehead atoms. The lowest BCUT2D eigenvalue weighted by molar-refractivity contribution is 0.0936. The summed E-state index contributed by atoms with van der Waals surface area (Å²) >= 11 is 1.60. The van der Waals surface area contributed by atoms with Gasteiger partial charge in [-0.2, -0.15) is 5.10 Å². The number of carbonyl (C=O) groups excluding carboxylic acids is 1. The van der Waals surface area contributed by atoms with Gasteiger partial charge in [-0.15, -0.1) is 11.3 Å². The molecule has 7 heteroatoms. The number of nitrogens with zero attached hydrogens (tertiary/aromatic N) is 2. The van der Waals surface area contributed by atoms with E-state index in [9.17, 15) is 4.79 Å². The van der Waals surface area contributed by atoms with Crippen molar-refractivity contribution in [1.82, 2.24) is 20.4 Å². The Labute approximate surface area is 156 Å². The molecule has 0 aliphatic heterocycles. The Morgan fingerprint density at radius 2 is 2.12 bits per heavy atom. The zero-order valence-corrected chi connectivity index (χ0v) is 15.8. The highest BCUT2D eigenvalue weighted by Gasteiger charge is 2.20. The summed E-state index contributed by atoms with van der Waals surface area (Å²) in [5.41, 5.74) is 2.26. The number of aromatic nitrogens is 2. The minimum Gasteiger partial charge on any atom is -0.496 e. The molecule has 2 aromatic heterocycles. The number of hydrogen-bond donors (Lipinski definition) is 2. The first kappa shape index (κ1) is 18.2. The third kappa shape index (κ3) is 3.95. The van der Waals surface area contributed by atoms with Crippen LogP contribution in [-0.4, -0.2) is 48.8 Å². The van der Waals surface area contributed by atoms with Crippen LogP contribution >= 0.6 is 11.3 Å². The third-order valence-corrected chi connectivity index (χ3v) is 5.08. The fourth-order valence-electron chi connectivity index (χ4n) is 2.79. The summed E-state index contributed by atoms with van der Waals surface area (Å²) in [7, 11) is 5.61. The van der Waals surface area contributed by atoms with Gasteiger partial charge in [-0.1, -0.05) is 24.3 Å². The Morgan fingerprint density at radius 1 is 1.31 bits per heavy atom. The van der Waals surface area contributed by atoms with Gasteiger partial charge in [-0.3, -0.25) is 9.89 Å². The highest BCUT2D eigenvalue weighted by atomic mass is 32.1. The Morgan fingerprint density at radius 3 is 2.81 bits per heavy atom. The second-order valence-electron chi connectivity index (χ2n) is 6.08. The number of hydrogen-bond acceptors (Lipinski definition) is 5. The molecule has 3 aromatic rings. The predicted molar refractivity (Wildman–Crippen MR) is 104 cm³/mol. The van der Waals surface area contributed by atoms with E-state index in [0.29, 0.717) is 12.2 Å². The van der Waals surface area contributed by atoms with Gasteiger partial charge in [0.1, 0.15) is 5.75 Å². The molecule has 2 N–H and O–H groups in total. The molecule has 0 aliphatic rings. The molecule has 1 unspecified atom stereocenters. The number of methoxy groups -OCH3 is 1. The Hall–Kier alpha value is -2.64. The molecule has 136 valence electrons. The van der Waals surface area contributed by atoms with Gasteiger partial charge >= 0.3 is 0 Å². The number of H-pyrrole nitrogens is 1. The number of para-hydroxylation sites is 1. The van der Waals surface area contributed by atoms with Crippen LogP contribution < -0.4 is 10.1 Å². The zero-order chi connectivity index (χ0) is 18.5. The number of carbonyl (C=O) groups is 1. The molecular formula is C19H22N4O2S. The minimum atomic E-state index is -0.203. The van der Waals surface area contributed by atoms with E-state index in [1.807, 2.05) is 55.9 Å². The quantitative estimate of drug-likeness (QED) is 0.670. The molecule has 0 fully saturated rings. The van der Waals surface area contributed by atoms with Crippen molar-refractivity contribution in [2.24, 2.45) is 0 Å². The fraction of sp³-hybridized carbons (Fsp3) is 0.263. The Bertz CT molecular complexity index is 858. The van der Waals surface area contributed by atoms with E-state index in [-0.39, 0.29) is 11.9 Å². The van der Waals surface area contributed by atoms with E-state index in [1.165, 1.54) is 0 Å². The van der Waals surface area contributed by atoms with Gasteiger partial charge in [0.2, 0.25) is 0 Å². The number of thiophene rings is 1. The Kier molecular flexibility index (Phi) is 5.70. The number of likely N-dealkylation sites (N-methyl/N-ethyl adjacent to an activating group) is 1. The normalized spacial score (nSPS) is 12.2. The van der Waals surface area contributed by atoms with Crippen LogP contribution in [0.2, 0.25) is 0 Å². The minimum absolute atomic E-state index is 0.00851. The van der Waals surface area contributed by atoms with Gasteiger partial charge in [0.25, 0.3) is 5.91 Å². The molecule has 0 aliphatic carbocycles. The molecular weight excluding hydrogens is 348 g/mol. The highest BCUT2D eigenvalue weighted by Crippen LogP contribution is 2.27. The SMILES string of the molecule is COc1ccccc1C(CNC(=O)c1cc(-c2cccs2)[nH]n1)N(C)C. The second kappa shape index (κ2) is 8.16. The van der Waals surface area contributed by atoms with E-state index in [0.717, 1.165) is 21.9 Å². The summed E-state index contributed by atoms with van der Waals surface area (Å²) in [4.78, 5) is 15.6. The summed E-state index contributed by atoms with van der Waals surface area (Å²) in [5.74, 6) is 0.603. The van der Waals surface area contributed by atoms with Crippen LogP contribution in [0.5, 0.6) is 5.75 Å². The lowest BCUT2D eigenvalue weighted by atomic mass is 10.0. The summed E-state index contributed by atoms with van der Waals surface area (Å²) < 4.78 is 5.46. The smallest absolute Gasteiger partial charge is 0.271 e. The lowest BCUT2D eigenvalue weighted by Gasteiger charge is -2.26. The van der Waals surface area contributed by atoms with Crippen molar-refractivity contribution in [3.8, 4) is 16.3 Å². The molecule has 0 spiro atoms. The summed E-state index contributed by atoms with van der Waals surface area (Å²) in [6.07, 6.45) is 0. The maximum Gasteiger partial charge on any atom is 0.271 e. The average Bonchev–Trinajstić information content (AvgIpc) is 3.33. The van der Waals surface area contributed by atoms with Crippen LogP contribution in [-0.2, 0) is 0 Å². The number of nitrogens with one attached hydrogen (secondary N) is 2. The average molecular weight is 370 g/mol. The molecule has 0 saturated heterocycles. The van der Waals surface area contributed by atoms with Crippen molar-refractivity contribution in [3.63, 3.8) is 0 Å².